The lowest BCUT2D eigenvalue weighted by Crippen LogP contribution is -2.51. The van der Waals surface area contributed by atoms with Gasteiger partial charge in [-0.2, -0.15) is 0 Å². The summed E-state index contributed by atoms with van der Waals surface area (Å²) in [6.45, 7) is 7.01. The van der Waals surface area contributed by atoms with Gasteiger partial charge in [0.05, 0.1) is 17.8 Å². The maximum Gasteiger partial charge on any atom is 0.196 e. The first kappa shape index (κ1) is 12.9. The molecule has 0 aromatic heterocycles. The van der Waals surface area contributed by atoms with Crippen LogP contribution in [0.3, 0.4) is 0 Å². The minimum atomic E-state index is -0.257. The Kier molecular flexibility index (Phi) is 3.28. The highest BCUT2D eigenvalue weighted by Gasteiger charge is 2.40. The van der Waals surface area contributed by atoms with Crippen LogP contribution in [0.25, 0.3) is 0 Å². The maximum absolute atomic E-state index is 13.9. The van der Waals surface area contributed by atoms with Crippen LogP contribution in [0.5, 0.6) is 0 Å². The molecule has 0 fully saturated rings. The summed E-state index contributed by atoms with van der Waals surface area (Å²) in [5, 5.41) is 0. The van der Waals surface area contributed by atoms with E-state index in [0.717, 1.165) is 6.42 Å². The highest BCUT2D eigenvalue weighted by atomic mass is 19.1. The van der Waals surface area contributed by atoms with E-state index in [0.29, 0.717) is 24.1 Å². The van der Waals surface area contributed by atoms with Gasteiger partial charge in [0.15, 0.2) is 5.96 Å². The van der Waals surface area contributed by atoms with Crippen molar-refractivity contribution >= 4 is 11.6 Å². The molecule has 0 bridgehead atoms. The van der Waals surface area contributed by atoms with Crippen molar-refractivity contribution in [2.75, 3.05) is 11.4 Å². The van der Waals surface area contributed by atoms with E-state index in [1.54, 1.807) is 12.1 Å². The van der Waals surface area contributed by atoms with Gasteiger partial charge in [-0.3, -0.25) is 4.99 Å². The van der Waals surface area contributed by atoms with Crippen LogP contribution in [-0.2, 0) is 0 Å². The monoisotopic (exact) mass is 249 g/mol. The van der Waals surface area contributed by atoms with Crippen molar-refractivity contribution in [2.24, 2.45) is 16.6 Å². The van der Waals surface area contributed by atoms with Crippen LogP contribution in [0.15, 0.2) is 29.3 Å². The van der Waals surface area contributed by atoms with Gasteiger partial charge < -0.3 is 10.6 Å². The molecular formula is C14H20FN3. The van der Waals surface area contributed by atoms with E-state index in [9.17, 15) is 4.39 Å². The van der Waals surface area contributed by atoms with Crippen LogP contribution in [0.4, 0.5) is 10.1 Å². The third kappa shape index (κ3) is 2.19. The van der Waals surface area contributed by atoms with Crippen LogP contribution in [0.2, 0.25) is 0 Å². The molecule has 2 rings (SSSR count). The number of aliphatic imine (C=N–C) groups is 1. The zero-order chi connectivity index (χ0) is 13.3. The van der Waals surface area contributed by atoms with Crippen molar-refractivity contribution in [2.45, 2.75) is 32.7 Å². The Hall–Kier alpha value is -1.58. The Morgan fingerprint density at radius 2 is 2.11 bits per heavy atom. The Labute approximate surface area is 108 Å². The van der Waals surface area contributed by atoms with Crippen LogP contribution in [-0.4, -0.2) is 18.0 Å². The van der Waals surface area contributed by atoms with Crippen molar-refractivity contribution in [3.8, 4) is 0 Å². The Morgan fingerprint density at radius 3 is 2.72 bits per heavy atom. The van der Waals surface area contributed by atoms with E-state index in [-0.39, 0.29) is 11.4 Å². The van der Waals surface area contributed by atoms with Crippen molar-refractivity contribution in [1.82, 2.24) is 0 Å². The summed E-state index contributed by atoms with van der Waals surface area (Å²) in [6.07, 6.45) is 0.922. The molecule has 2 N–H and O–H groups in total. The molecular weight excluding hydrogens is 229 g/mol. The Balaban J connectivity index is 2.39. The summed E-state index contributed by atoms with van der Waals surface area (Å²) in [6, 6.07) is 6.71. The first-order chi connectivity index (χ1) is 8.44. The molecule has 1 aromatic rings. The first-order valence-electron chi connectivity index (χ1n) is 6.29. The highest BCUT2D eigenvalue weighted by molar-refractivity contribution is 5.98. The average Bonchev–Trinajstić information content (AvgIpc) is 2.55. The minimum Gasteiger partial charge on any atom is -0.369 e. The van der Waals surface area contributed by atoms with Gasteiger partial charge in [-0.25, -0.2) is 4.39 Å². The number of hydrogen-bond acceptors (Lipinski definition) is 3. The SMILES string of the molecule is CC(C)CC1(C)CN=C(N)N1c1ccccc1F. The summed E-state index contributed by atoms with van der Waals surface area (Å²) in [5.74, 6) is 0.654. The smallest absolute Gasteiger partial charge is 0.196 e. The normalized spacial score (nSPS) is 23.6. The molecule has 0 saturated heterocycles. The fourth-order valence-corrected chi connectivity index (χ4v) is 2.75. The lowest BCUT2D eigenvalue weighted by atomic mass is 9.89. The molecule has 0 saturated carbocycles. The molecule has 0 spiro atoms. The van der Waals surface area contributed by atoms with Gasteiger partial charge in [0.25, 0.3) is 0 Å². The number of guanidine groups is 1. The van der Waals surface area contributed by atoms with Gasteiger partial charge in [0.1, 0.15) is 5.82 Å². The van der Waals surface area contributed by atoms with Gasteiger partial charge in [-0.1, -0.05) is 26.0 Å². The lowest BCUT2D eigenvalue weighted by molar-refractivity contribution is 0.390. The summed E-state index contributed by atoms with van der Waals surface area (Å²) in [7, 11) is 0. The number of anilines is 1. The Morgan fingerprint density at radius 1 is 1.44 bits per heavy atom. The second-order valence-electron chi connectivity index (χ2n) is 5.56. The summed E-state index contributed by atoms with van der Waals surface area (Å²) in [5.41, 5.74) is 6.22. The molecule has 0 amide bonds. The maximum atomic E-state index is 13.9. The molecule has 3 nitrogen and oxygen atoms in total. The van der Waals surface area contributed by atoms with Crippen molar-refractivity contribution < 1.29 is 4.39 Å². The molecule has 18 heavy (non-hydrogen) atoms. The predicted molar refractivity (Wildman–Crippen MR) is 73.2 cm³/mol. The standard InChI is InChI=1S/C14H20FN3/c1-10(2)8-14(3)9-17-13(16)18(14)12-7-5-4-6-11(12)15/h4-7,10H,8-9H2,1-3H3,(H2,16,17). The molecule has 1 aromatic carbocycles. The second-order valence-corrected chi connectivity index (χ2v) is 5.56. The third-order valence-electron chi connectivity index (χ3n) is 3.29. The largest absolute Gasteiger partial charge is 0.369 e. The predicted octanol–water partition coefficient (Wildman–Crippen LogP) is 2.77. The van der Waals surface area contributed by atoms with Gasteiger partial charge in [0.2, 0.25) is 0 Å². The molecule has 0 aliphatic carbocycles. The highest BCUT2D eigenvalue weighted by Crippen LogP contribution is 2.34. The number of nitrogens with two attached hydrogens (primary N) is 1. The topological polar surface area (TPSA) is 41.6 Å². The lowest BCUT2D eigenvalue weighted by Gasteiger charge is -2.37. The van der Waals surface area contributed by atoms with E-state index in [2.05, 4.69) is 25.8 Å². The first-order valence-corrected chi connectivity index (χ1v) is 6.29. The van der Waals surface area contributed by atoms with Crippen molar-refractivity contribution in [3.63, 3.8) is 0 Å². The summed E-state index contributed by atoms with van der Waals surface area (Å²) >= 11 is 0. The van der Waals surface area contributed by atoms with E-state index in [1.807, 2.05) is 11.0 Å². The van der Waals surface area contributed by atoms with E-state index >= 15 is 0 Å². The van der Waals surface area contributed by atoms with Gasteiger partial charge in [-0.05, 0) is 31.4 Å². The molecule has 1 heterocycles. The minimum absolute atomic E-state index is 0.236. The molecule has 1 aliphatic rings. The number of rotatable bonds is 3. The van der Waals surface area contributed by atoms with E-state index in [4.69, 9.17) is 5.73 Å². The van der Waals surface area contributed by atoms with Crippen LogP contribution in [0, 0.1) is 11.7 Å². The van der Waals surface area contributed by atoms with Crippen LogP contribution < -0.4 is 10.6 Å². The van der Waals surface area contributed by atoms with E-state index < -0.39 is 0 Å². The number of hydrogen-bond donors (Lipinski definition) is 1. The zero-order valence-corrected chi connectivity index (χ0v) is 11.2. The molecule has 98 valence electrons. The van der Waals surface area contributed by atoms with Crippen molar-refractivity contribution in [1.29, 1.82) is 0 Å². The molecule has 1 unspecified atom stereocenters. The zero-order valence-electron chi connectivity index (χ0n) is 11.2. The quantitative estimate of drug-likeness (QED) is 0.895. The average molecular weight is 249 g/mol. The van der Waals surface area contributed by atoms with Gasteiger partial charge in [-0.15, -0.1) is 0 Å². The number of nitrogens with zero attached hydrogens (tertiary/aromatic N) is 2. The molecule has 1 atom stereocenters. The van der Waals surface area contributed by atoms with Gasteiger partial charge in [0, 0.05) is 0 Å². The van der Waals surface area contributed by atoms with Crippen LogP contribution in [0.1, 0.15) is 27.2 Å². The fourth-order valence-electron chi connectivity index (χ4n) is 2.75. The van der Waals surface area contributed by atoms with Crippen molar-refractivity contribution in [3.05, 3.63) is 30.1 Å². The molecule has 4 heteroatoms. The summed E-state index contributed by atoms with van der Waals surface area (Å²) < 4.78 is 13.9. The molecule has 0 radical (unpaired) electrons. The number of halogens is 1. The number of benzene rings is 1. The third-order valence-corrected chi connectivity index (χ3v) is 3.29. The Bertz CT molecular complexity index is 470. The van der Waals surface area contributed by atoms with Crippen LogP contribution >= 0.6 is 0 Å². The van der Waals surface area contributed by atoms with E-state index in [1.165, 1.54) is 6.07 Å². The van der Waals surface area contributed by atoms with Gasteiger partial charge >= 0.3 is 0 Å². The number of para-hydroxylation sites is 1. The molecule has 1 aliphatic heterocycles. The fraction of sp³-hybridized carbons (Fsp3) is 0.500. The summed E-state index contributed by atoms with van der Waals surface area (Å²) in [4.78, 5) is 6.13. The second kappa shape index (κ2) is 4.59.